The van der Waals surface area contributed by atoms with Gasteiger partial charge in [-0.15, -0.1) is 0 Å². The monoisotopic (exact) mass is 308 g/mol. The molecule has 4 nitrogen and oxygen atoms in total. The van der Waals surface area contributed by atoms with E-state index in [1.165, 1.54) is 5.56 Å². The maximum atomic E-state index is 11.7. The Hall–Kier alpha value is -0.910. The topological polar surface area (TPSA) is 32.8 Å². The van der Waals surface area contributed by atoms with E-state index in [0.29, 0.717) is 6.61 Å². The first-order chi connectivity index (χ1) is 10.2. The minimum Gasteiger partial charge on any atom is -0.379 e. The zero-order valence-corrected chi connectivity index (χ0v) is 13.5. The van der Waals surface area contributed by atoms with Crippen LogP contribution in [0.1, 0.15) is 25.3 Å². The van der Waals surface area contributed by atoms with Crippen LogP contribution in [0.15, 0.2) is 16.8 Å². The lowest BCUT2D eigenvalue weighted by Crippen LogP contribution is -2.47. The average Bonchev–Trinajstić information content (AvgIpc) is 2.89. The van der Waals surface area contributed by atoms with E-state index in [1.54, 1.807) is 18.3 Å². The van der Waals surface area contributed by atoms with Gasteiger partial charge in [0.1, 0.15) is 0 Å². The quantitative estimate of drug-likeness (QED) is 0.840. The summed E-state index contributed by atoms with van der Waals surface area (Å²) in [5.74, 6) is 0.181. The lowest BCUT2D eigenvalue weighted by Gasteiger charge is -2.42. The molecule has 116 valence electrons. The number of hydrogen-bond donors (Lipinski definition) is 0. The summed E-state index contributed by atoms with van der Waals surface area (Å²) >= 11 is 1.77. The largest absolute Gasteiger partial charge is 0.379 e. The Labute approximate surface area is 130 Å². The highest BCUT2D eigenvalue weighted by molar-refractivity contribution is 7.07. The van der Waals surface area contributed by atoms with E-state index in [0.717, 1.165) is 52.2 Å². The van der Waals surface area contributed by atoms with Crippen molar-refractivity contribution in [3.05, 3.63) is 22.4 Å². The molecule has 0 aromatic carbocycles. The molecule has 0 aliphatic carbocycles. The van der Waals surface area contributed by atoms with Crippen LogP contribution in [0.25, 0.3) is 0 Å². The van der Waals surface area contributed by atoms with Gasteiger partial charge in [0.25, 0.3) is 0 Å². The van der Waals surface area contributed by atoms with E-state index in [4.69, 9.17) is 4.74 Å². The SMILES string of the molecule is CC(=O)N1CCOCC2(CCN(Cc3ccsc3)CC2)C1. The van der Waals surface area contributed by atoms with Crippen molar-refractivity contribution >= 4 is 17.2 Å². The molecule has 1 spiro atoms. The Morgan fingerprint density at radius 1 is 1.38 bits per heavy atom. The molecule has 2 aliphatic heterocycles. The summed E-state index contributed by atoms with van der Waals surface area (Å²) in [5.41, 5.74) is 1.59. The minimum atomic E-state index is 0.174. The van der Waals surface area contributed by atoms with Crippen molar-refractivity contribution in [2.75, 3.05) is 39.4 Å². The Morgan fingerprint density at radius 2 is 2.19 bits per heavy atom. The maximum Gasteiger partial charge on any atom is 0.219 e. The van der Waals surface area contributed by atoms with Crippen LogP contribution in [0.3, 0.4) is 0 Å². The van der Waals surface area contributed by atoms with E-state index >= 15 is 0 Å². The Balaban J connectivity index is 1.59. The van der Waals surface area contributed by atoms with Gasteiger partial charge in [0.05, 0.1) is 13.2 Å². The molecule has 0 bridgehead atoms. The Bertz CT molecular complexity index is 467. The van der Waals surface area contributed by atoms with Crippen LogP contribution in [0.5, 0.6) is 0 Å². The number of likely N-dealkylation sites (tertiary alicyclic amines) is 1. The lowest BCUT2D eigenvalue weighted by molar-refractivity contribution is -0.130. The van der Waals surface area contributed by atoms with Crippen molar-refractivity contribution in [1.29, 1.82) is 0 Å². The molecule has 0 radical (unpaired) electrons. The van der Waals surface area contributed by atoms with E-state index in [-0.39, 0.29) is 11.3 Å². The van der Waals surface area contributed by atoms with Gasteiger partial charge in [0, 0.05) is 32.0 Å². The first-order valence-corrected chi connectivity index (χ1v) is 8.68. The van der Waals surface area contributed by atoms with Crippen LogP contribution in [-0.2, 0) is 16.1 Å². The molecule has 3 heterocycles. The van der Waals surface area contributed by atoms with Crippen molar-refractivity contribution in [2.24, 2.45) is 5.41 Å². The molecule has 5 heteroatoms. The van der Waals surface area contributed by atoms with Gasteiger partial charge in [0.2, 0.25) is 5.91 Å². The fourth-order valence-electron chi connectivity index (χ4n) is 3.39. The molecule has 0 atom stereocenters. The number of amides is 1. The van der Waals surface area contributed by atoms with E-state index in [9.17, 15) is 4.79 Å². The normalized spacial score (nSPS) is 23.2. The number of ether oxygens (including phenoxy) is 1. The second kappa shape index (κ2) is 6.46. The van der Waals surface area contributed by atoms with Crippen LogP contribution in [0, 0.1) is 5.41 Å². The average molecular weight is 308 g/mol. The Morgan fingerprint density at radius 3 is 2.86 bits per heavy atom. The summed E-state index contributed by atoms with van der Waals surface area (Å²) in [5, 5.41) is 4.38. The van der Waals surface area contributed by atoms with Crippen LogP contribution in [0.4, 0.5) is 0 Å². The summed E-state index contributed by atoms with van der Waals surface area (Å²) in [6.45, 7) is 8.03. The fraction of sp³-hybridized carbons (Fsp3) is 0.688. The molecular weight excluding hydrogens is 284 g/mol. The van der Waals surface area contributed by atoms with Gasteiger partial charge in [-0.05, 0) is 48.3 Å². The van der Waals surface area contributed by atoms with Crippen molar-refractivity contribution in [3.8, 4) is 0 Å². The van der Waals surface area contributed by atoms with E-state index in [1.807, 2.05) is 4.90 Å². The maximum absolute atomic E-state index is 11.7. The highest BCUT2D eigenvalue weighted by Gasteiger charge is 2.38. The predicted molar refractivity (Wildman–Crippen MR) is 84.3 cm³/mol. The predicted octanol–water partition coefficient (Wildman–Crippen LogP) is 2.21. The fourth-order valence-corrected chi connectivity index (χ4v) is 4.05. The van der Waals surface area contributed by atoms with Gasteiger partial charge in [-0.3, -0.25) is 9.69 Å². The van der Waals surface area contributed by atoms with Crippen molar-refractivity contribution in [2.45, 2.75) is 26.3 Å². The third-order valence-electron chi connectivity index (χ3n) is 4.79. The Kier molecular flexibility index (Phi) is 4.62. The molecular formula is C16H24N2O2S. The van der Waals surface area contributed by atoms with Crippen LogP contribution in [-0.4, -0.2) is 55.1 Å². The summed E-state index contributed by atoms with van der Waals surface area (Å²) in [7, 11) is 0. The van der Waals surface area contributed by atoms with E-state index < -0.39 is 0 Å². The van der Waals surface area contributed by atoms with Gasteiger partial charge in [-0.1, -0.05) is 0 Å². The third-order valence-corrected chi connectivity index (χ3v) is 5.52. The smallest absolute Gasteiger partial charge is 0.219 e. The zero-order valence-electron chi connectivity index (χ0n) is 12.7. The number of thiophene rings is 1. The van der Waals surface area contributed by atoms with Gasteiger partial charge in [0.15, 0.2) is 0 Å². The lowest BCUT2D eigenvalue weighted by atomic mass is 9.78. The summed E-state index contributed by atoms with van der Waals surface area (Å²) in [6.07, 6.45) is 2.25. The molecule has 1 amide bonds. The molecule has 0 N–H and O–H groups in total. The number of nitrogens with zero attached hydrogens (tertiary/aromatic N) is 2. The van der Waals surface area contributed by atoms with Gasteiger partial charge >= 0.3 is 0 Å². The van der Waals surface area contributed by atoms with Crippen LogP contribution >= 0.6 is 11.3 Å². The van der Waals surface area contributed by atoms with Crippen LogP contribution in [0.2, 0.25) is 0 Å². The molecule has 0 saturated carbocycles. The molecule has 2 aliphatic rings. The molecule has 1 aromatic rings. The van der Waals surface area contributed by atoms with Gasteiger partial charge in [-0.25, -0.2) is 0 Å². The minimum absolute atomic E-state index is 0.174. The summed E-state index contributed by atoms with van der Waals surface area (Å²) < 4.78 is 5.80. The number of hydrogen-bond acceptors (Lipinski definition) is 4. The molecule has 2 saturated heterocycles. The molecule has 21 heavy (non-hydrogen) atoms. The second-order valence-electron chi connectivity index (χ2n) is 6.40. The number of carbonyl (C=O) groups excluding carboxylic acids is 1. The van der Waals surface area contributed by atoms with Crippen molar-refractivity contribution < 1.29 is 9.53 Å². The number of rotatable bonds is 2. The first-order valence-electron chi connectivity index (χ1n) is 7.74. The summed E-state index contributed by atoms with van der Waals surface area (Å²) in [6, 6.07) is 2.21. The number of piperidine rings is 1. The van der Waals surface area contributed by atoms with Gasteiger partial charge < -0.3 is 9.64 Å². The van der Waals surface area contributed by atoms with Crippen molar-refractivity contribution in [1.82, 2.24) is 9.80 Å². The highest BCUT2D eigenvalue weighted by atomic mass is 32.1. The third kappa shape index (κ3) is 3.65. The van der Waals surface area contributed by atoms with Gasteiger partial charge in [-0.2, -0.15) is 11.3 Å². The second-order valence-corrected chi connectivity index (χ2v) is 7.18. The number of carbonyl (C=O) groups is 1. The molecule has 3 rings (SSSR count). The summed E-state index contributed by atoms with van der Waals surface area (Å²) in [4.78, 5) is 16.2. The van der Waals surface area contributed by atoms with Crippen LogP contribution < -0.4 is 0 Å². The first kappa shape index (κ1) is 15.0. The molecule has 1 aromatic heterocycles. The van der Waals surface area contributed by atoms with Crippen molar-refractivity contribution in [3.63, 3.8) is 0 Å². The standard InChI is InChI=1S/C16H24N2O2S/c1-14(19)18-7-8-20-13-16(12-18)3-5-17(6-4-16)10-15-2-9-21-11-15/h2,9,11H,3-8,10,12-13H2,1H3. The highest BCUT2D eigenvalue weighted by Crippen LogP contribution is 2.34. The van der Waals surface area contributed by atoms with E-state index in [2.05, 4.69) is 21.7 Å². The zero-order chi connectivity index (χ0) is 14.7. The molecule has 2 fully saturated rings. The molecule has 0 unspecified atom stereocenters.